The first-order valence-electron chi connectivity index (χ1n) is 10.2. The van der Waals surface area contributed by atoms with Crippen LogP contribution in [-0.2, 0) is 4.74 Å². The third-order valence-corrected chi connectivity index (χ3v) is 4.85. The lowest BCUT2D eigenvalue weighted by Crippen LogP contribution is -2.13. The van der Waals surface area contributed by atoms with Crippen LogP contribution in [0.3, 0.4) is 0 Å². The lowest BCUT2D eigenvalue weighted by atomic mass is 10.0. The van der Waals surface area contributed by atoms with Crippen LogP contribution in [0.2, 0.25) is 0 Å². The molecule has 0 aliphatic carbocycles. The van der Waals surface area contributed by atoms with Gasteiger partial charge in [-0.1, -0.05) is 55.5 Å². The van der Waals surface area contributed by atoms with Crippen molar-refractivity contribution in [1.29, 1.82) is 0 Å². The van der Waals surface area contributed by atoms with Crippen molar-refractivity contribution < 1.29 is 14.3 Å². The van der Waals surface area contributed by atoms with E-state index in [2.05, 4.69) is 5.32 Å². The number of hydrogen-bond acceptors (Lipinski definition) is 4. The molecule has 0 saturated heterocycles. The molecule has 0 bridgehead atoms. The Morgan fingerprint density at radius 2 is 1.61 bits per heavy atom. The number of rotatable bonds is 6. The standard InChI is InChI=1S/C26H22N2O3/c1-2-16-31-26(30)19-12-14-20(15-13-19)27-25(29)22-17-24(18-8-4-3-5-9-18)28-23-11-7-6-10-21(22)23/h3-15,17H,2,16H2,1H3,(H,27,29). The minimum atomic E-state index is -0.368. The summed E-state index contributed by atoms with van der Waals surface area (Å²) in [6, 6.07) is 25.8. The molecular formula is C26H22N2O3. The molecule has 0 atom stereocenters. The van der Waals surface area contributed by atoms with Gasteiger partial charge in [0.2, 0.25) is 0 Å². The molecular weight excluding hydrogens is 388 g/mol. The van der Waals surface area contributed by atoms with Gasteiger partial charge in [0.25, 0.3) is 5.91 Å². The van der Waals surface area contributed by atoms with E-state index in [-0.39, 0.29) is 11.9 Å². The topological polar surface area (TPSA) is 68.3 Å². The van der Waals surface area contributed by atoms with Gasteiger partial charge in [0, 0.05) is 16.6 Å². The number of ether oxygens (including phenoxy) is 1. The highest BCUT2D eigenvalue weighted by molar-refractivity contribution is 6.13. The van der Waals surface area contributed by atoms with Crippen molar-refractivity contribution in [3.63, 3.8) is 0 Å². The van der Waals surface area contributed by atoms with Gasteiger partial charge in [-0.15, -0.1) is 0 Å². The van der Waals surface area contributed by atoms with E-state index in [0.29, 0.717) is 23.4 Å². The summed E-state index contributed by atoms with van der Waals surface area (Å²) < 4.78 is 5.14. The SMILES string of the molecule is CCCOC(=O)c1ccc(NC(=O)c2cc(-c3ccccc3)nc3ccccc23)cc1. The minimum absolute atomic E-state index is 0.239. The molecule has 4 rings (SSSR count). The monoisotopic (exact) mass is 410 g/mol. The summed E-state index contributed by atoms with van der Waals surface area (Å²) >= 11 is 0. The van der Waals surface area contributed by atoms with Gasteiger partial charge >= 0.3 is 5.97 Å². The van der Waals surface area contributed by atoms with Crippen LogP contribution >= 0.6 is 0 Å². The third-order valence-electron chi connectivity index (χ3n) is 4.85. The zero-order valence-corrected chi connectivity index (χ0v) is 17.2. The molecule has 3 aromatic carbocycles. The van der Waals surface area contributed by atoms with Crippen molar-refractivity contribution in [3.05, 3.63) is 96.1 Å². The van der Waals surface area contributed by atoms with Gasteiger partial charge in [-0.05, 0) is 42.8 Å². The molecule has 31 heavy (non-hydrogen) atoms. The Labute approximate surface area is 180 Å². The second kappa shape index (κ2) is 9.22. The number of nitrogens with one attached hydrogen (secondary N) is 1. The molecule has 1 N–H and O–H groups in total. The van der Waals surface area contributed by atoms with E-state index in [1.807, 2.05) is 67.6 Å². The third kappa shape index (κ3) is 4.61. The second-order valence-corrected chi connectivity index (χ2v) is 7.11. The summed E-state index contributed by atoms with van der Waals surface area (Å²) in [6.07, 6.45) is 0.769. The predicted octanol–water partition coefficient (Wildman–Crippen LogP) is 5.72. The fourth-order valence-electron chi connectivity index (χ4n) is 3.29. The number of pyridine rings is 1. The van der Waals surface area contributed by atoms with Gasteiger partial charge in [-0.2, -0.15) is 0 Å². The van der Waals surface area contributed by atoms with Gasteiger partial charge in [-0.25, -0.2) is 9.78 Å². The van der Waals surface area contributed by atoms with E-state index in [9.17, 15) is 9.59 Å². The summed E-state index contributed by atoms with van der Waals surface area (Å²) in [7, 11) is 0. The van der Waals surface area contributed by atoms with E-state index in [0.717, 1.165) is 28.6 Å². The number of para-hydroxylation sites is 1. The Morgan fingerprint density at radius 3 is 2.35 bits per heavy atom. The summed E-state index contributed by atoms with van der Waals surface area (Å²) in [4.78, 5) is 29.8. The van der Waals surface area contributed by atoms with Gasteiger partial charge in [0.15, 0.2) is 0 Å². The number of carbonyl (C=O) groups excluding carboxylic acids is 2. The van der Waals surface area contributed by atoms with E-state index < -0.39 is 0 Å². The average molecular weight is 410 g/mol. The lowest BCUT2D eigenvalue weighted by molar-refractivity contribution is 0.0505. The maximum atomic E-state index is 13.1. The van der Waals surface area contributed by atoms with Crippen LogP contribution in [0.25, 0.3) is 22.2 Å². The fourth-order valence-corrected chi connectivity index (χ4v) is 3.29. The van der Waals surface area contributed by atoms with E-state index in [1.54, 1.807) is 24.3 Å². The predicted molar refractivity (Wildman–Crippen MR) is 122 cm³/mol. The first-order valence-corrected chi connectivity index (χ1v) is 10.2. The number of benzene rings is 3. The van der Waals surface area contributed by atoms with Crippen LogP contribution in [-0.4, -0.2) is 23.5 Å². The Morgan fingerprint density at radius 1 is 0.903 bits per heavy atom. The van der Waals surface area contributed by atoms with Crippen molar-refractivity contribution >= 4 is 28.5 Å². The molecule has 1 aromatic heterocycles. The normalized spacial score (nSPS) is 10.6. The second-order valence-electron chi connectivity index (χ2n) is 7.11. The fraction of sp³-hybridized carbons (Fsp3) is 0.115. The first kappa shape index (κ1) is 20.3. The summed E-state index contributed by atoms with van der Waals surface area (Å²) in [6.45, 7) is 2.33. The molecule has 0 aliphatic heterocycles. The zero-order chi connectivity index (χ0) is 21.6. The number of esters is 1. The number of fused-ring (bicyclic) bond motifs is 1. The number of nitrogens with zero attached hydrogens (tertiary/aromatic N) is 1. The highest BCUT2D eigenvalue weighted by Gasteiger charge is 2.15. The highest BCUT2D eigenvalue weighted by Crippen LogP contribution is 2.25. The van der Waals surface area contributed by atoms with Gasteiger partial charge in [0.1, 0.15) is 0 Å². The number of anilines is 1. The van der Waals surface area contributed by atoms with Gasteiger partial charge in [0.05, 0.1) is 28.9 Å². The lowest BCUT2D eigenvalue weighted by Gasteiger charge is -2.11. The molecule has 0 unspecified atom stereocenters. The van der Waals surface area contributed by atoms with Crippen LogP contribution in [0.4, 0.5) is 5.69 Å². The molecule has 0 fully saturated rings. The van der Waals surface area contributed by atoms with E-state index >= 15 is 0 Å². The zero-order valence-electron chi connectivity index (χ0n) is 17.2. The Kier molecular flexibility index (Phi) is 6.03. The summed E-state index contributed by atoms with van der Waals surface area (Å²) in [5, 5.41) is 3.70. The van der Waals surface area contributed by atoms with Crippen molar-refractivity contribution in [2.24, 2.45) is 0 Å². The molecule has 5 nitrogen and oxygen atoms in total. The van der Waals surface area contributed by atoms with Gasteiger partial charge in [-0.3, -0.25) is 4.79 Å². The molecule has 0 spiro atoms. The molecule has 0 aliphatic rings. The molecule has 1 heterocycles. The van der Waals surface area contributed by atoms with Crippen LogP contribution in [0.1, 0.15) is 34.1 Å². The number of hydrogen-bond donors (Lipinski definition) is 1. The van der Waals surface area contributed by atoms with E-state index in [1.165, 1.54) is 0 Å². The first-order chi connectivity index (χ1) is 15.2. The van der Waals surface area contributed by atoms with E-state index in [4.69, 9.17) is 9.72 Å². The van der Waals surface area contributed by atoms with Crippen LogP contribution in [0.15, 0.2) is 84.9 Å². The highest BCUT2D eigenvalue weighted by atomic mass is 16.5. The summed E-state index contributed by atoms with van der Waals surface area (Å²) in [5.41, 5.74) is 4.01. The summed E-state index contributed by atoms with van der Waals surface area (Å²) in [5.74, 6) is -0.607. The largest absolute Gasteiger partial charge is 0.462 e. The maximum absolute atomic E-state index is 13.1. The van der Waals surface area contributed by atoms with Crippen LogP contribution < -0.4 is 5.32 Å². The van der Waals surface area contributed by atoms with Crippen molar-refractivity contribution in [2.45, 2.75) is 13.3 Å². The quantitative estimate of drug-likeness (QED) is 0.413. The molecule has 5 heteroatoms. The Balaban J connectivity index is 1.62. The van der Waals surface area contributed by atoms with Crippen molar-refractivity contribution in [2.75, 3.05) is 11.9 Å². The van der Waals surface area contributed by atoms with Crippen LogP contribution in [0.5, 0.6) is 0 Å². The molecule has 1 amide bonds. The number of amides is 1. The Bertz CT molecular complexity index is 1220. The van der Waals surface area contributed by atoms with Crippen LogP contribution in [0, 0.1) is 0 Å². The number of carbonyl (C=O) groups is 2. The molecule has 0 radical (unpaired) electrons. The Hall–Kier alpha value is -3.99. The smallest absolute Gasteiger partial charge is 0.338 e. The van der Waals surface area contributed by atoms with Crippen molar-refractivity contribution in [3.8, 4) is 11.3 Å². The average Bonchev–Trinajstić information content (AvgIpc) is 2.82. The maximum Gasteiger partial charge on any atom is 0.338 e. The van der Waals surface area contributed by atoms with Gasteiger partial charge < -0.3 is 10.1 Å². The molecule has 154 valence electrons. The minimum Gasteiger partial charge on any atom is -0.462 e. The molecule has 0 saturated carbocycles. The number of aromatic nitrogens is 1. The molecule has 4 aromatic rings. The van der Waals surface area contributed by atoms with Crippen molar-refractivity contribution in [1.82, 2.24) is 4.98 Å².